The minimum atomic E-state index is -1.20. The van der Waals surface area contributed by atoms with Gasteiger partial charge in [0.25, 0.3) is 0 Å². The van der Waals surface area contributed by atoms with E-state index in [1.54, 1.807) is 26.8 Å². The zero-order valence-electron chi connectivity index (χ0n) is 15.4. The van der Waals surface area contributed by atoms with E-state index in [0.29, 0.717) is 5.56 Å². The van der Waals surface area contributed by atoms with Crippen LogP contribution in [0.3, 0.4) is 0 Å². The molecule has 2 amide bonds. The molecule has 0 aliphatic heterocycles. The van der Waals surface area contributed by atoms with E-state index in [-0.39, 0.29) is 23.2 Å². The summed E-state index contributed by atoms with van der Waals surface area (Å²) in [4.78, 5) is 35.2. The standard InChI is InChI=1S/C18H23ClN2O6/c1-18(2,3)27-17(25)21-14(9-26-16(24)20-11-5-6-11)10-4-7-13(19)12(8-10)15(22)23/h4,7-8,11,14H,5-6,9H2,1-3H3,(H,20,24)(H,21,25)(H,22,23)/t14-/m1/s1. The number of aromatic carboxylic acids is 1. The number of carboxylic acid groups (broad SMARTS) is 1. The van der Waals surface area contributed by atoms with Crippen LogP contribution in [0, 0.1) is 0 Å². The SMILES string of the molecule is CC(C)(C)OC(=O)N[C@H](COC(=O)NC1CC1)c1ccc(Cl)c(C(=O)O)c1. The van der Waals surface area contributed by atoms with Gasteiger partial charge in [-0.1, -0.05) is 17.7 Å². The molecule has 1 atom stereocenters. The van der Waals surface area contributed by atoms with Crippen molar-refractivity contribution in [3.05, 3.63) is 34.3 Å². The highest BCUT2D eigenvalue weighted by Crippen LogP contribution is 2.23. The summed E-state index contributed by atoms with van der Waals surface area (Å²) < 4.78 is 10.4. The second-order valence-electron chi connectivity index (χ2n) is 7.26. The van der Waals surface area contributed by atoms with Gasteiger partial charge in [-0.15, -0.1) is 0 Å². The molecule has 1 aromatic carbocycles. The van der Waals surface area contributed by atoms with E-state index >= 15 is 0 Å². The highest BCUT2D eigenvalue weighted by molar-refractivity contribution is 6.33. The van der Waals surface area contributed by atoms with Crippen molar-refractivity contribution in [1.82, 2.24) is 10.6 Å². The average molecular weight is 399 g/mol. The number of rotatable bonds is 6. The summed E-state index contributed by atoms with van der Waals surface area (Å²) >= 11 is 5.89. The molecule has 0 saturated heterocycles. The molecule has 0 bridgehead atoms. The molecule has 0 unspecified atom stereocenters. The Morgan fingerprint density at radius 3 is 2.48 bits per heavy atom. The van der Waals surface area contributed by atoms with Crippen molar-refractivity contribution in [2.75, 3.05) is 6.61 Å². The van der Waals surface area contributed by atoms with E-state index in [4.69, 9.17) is 21.1 Å². The third-order valence-corrected chi connectivity index (χ3v) is 3.92. The van der Waals surface area contributed by atoms with Crippen molar-refractivity contribution in [3.63, 3.8) is 0 Å². The number of carbonyl (C=O) groups is 3. The first-order valence-electron chi connectivity index (χ1n) is 8.50. The minimum Gasteiger partial charge on any atom is -0.478 e. The first kappa shape index (κ1) is 20.8. The number of carboxylic acids is 1. The molecular formula is C18H23ClN2O6. The van der Waals surface area contributed by atoms with Gasteiger partial charge in [0.05, 0.1) is 16.6 Å². The maximum atomic E-state index is 12.1. The molecule has 1 fully saturated rings. The molecule has 0 aromatic heterocycles. The fourth-order valence-corrected chi connectivity index (χ4v) is 2.39. The van der Waals surface area contributed by atoms with Gasteiger partial charge in [-0.25, -0.2) is 14.4 Å². The topological polar surface area (TPSA) is 114 Å². The highest BCUT2D eigenvalue weighted by atomic mass is 35.5. The number of amides is 2. The number of carbonyl (C=O) groups excluding carboxylic acids is 2. The Bertz CT molecular complexity index is 727. The average Bonchev–Trinajstić information content (AvgIpc) is 3.33. The summed E-state index contributed by atoms with van der Waals surface area (Å²) in [6, 6.07) is 3.62. The number of hydrogen-bond acceptors (Lipinski definition) is 5. The Labute approximate surface area is 162 Å². The van der Waals surface area contributed by atoms with E-state index in [0.717, 1.165) is 12.8 Å². The number of alkyl carbamates (subject to hydrolysis) is 2. The maximum absolute atomic E-state index is 12.1. The molecule has 27 heavy (non-hydrogen) atoms. The van der Waals surface area contributed by atoms with Crippen molar-refractivity contribution in [2.45, 2.75) is 51.3 Å². The summed E-state index contributed by atoms with van der Waals surface area (Å²) in [5.41, 5.74) is -0.417. The van der Waals surface area contributed by atoms with Crippen molar-refractivity contribution in [2.24, 2.45) is 0 Å². The molecule has 1 aliphatic carbocycles. The lowest BCUT2D eigenvalue weighted by Gasteiger charge is -2.24. The van der Waals surface area contributed by atoms with Gasteiger partial charge in [0.15, 0.2) is 0 Å². The van der Waals surface area contributed by atoms with Crippen LogP contribution in [0.15, 0.2) is 18.2 Å². The fourth-order valence-electron chi connectivity index (χ4n) is 2.19. The zero-order valence-corrected chi connectivity index (χ0v) is 16.1. The number of nitrogens with one attached hydrogen (secondary N) is 2. The van der Waals surface area contributed by atoms with Crippen molar-refractivity contribution >= 4 is 29.8 Å². The highest BCUT2D eigenvalue weighted by Gasteiger charge is 2.26. The molecule has 1 aliphatic rings. The fraction of sp³-hybridized carbons (Fsp3) is 0.500. The van der Waals surface area contributed by atoms with Crippen molar-refractivity contribution < 1.29 is 29.0 Å². The van der Waals surface area contributed by atoms with Crippen LogP contribution in [0.2, 0.25) is 5.02 Å². The Hall–Kier alpha value is -2.48. The third-order valence-electron chi connectivity index (χ3n) is 3.59. The molecule has 9 heteroatoms. The molecule has 1 saturated carbocycles. The van der Waals surface area contributed by atoms with Gasteiger partial charge in [0.1, 0.15) is 12.2 Å². The lowest BCUT2D eigenvalue weighted by atomic mass is 10.0. The summed E-state index contributed by atoms with van der Waals surface area (Å²) in [5.74, 6) is -1.20. The predicted molar refractivity (Wildman–Crippen MR) is 98.0 cm³/mol. The van der Waals surface area contributed by atoms with Gasteiger partial charge < -0.3 is 25.2 Å². The lowest BCUT2D eigenvalue weighted by molar-refractivity contribution is 0.0470. The summed E-state index contributed by atoms with van der Waals surface area (Å²) in [7, 11) is 0. The molecule has 0 radical (unpaired) electrons. The van der Waals surface area contributed by atoms with Crippen LogP contribution < -0.4 is 10.6 Å². The smallest absolute Gasteiger partial charge is 0.408 e. The maximum Gasteiger partial charge on any atom is 0.408 e. The molecule has 2 rings (SSSR count). The van der Waals surface area contributed by atoms with Crippen LogP contribution >= 0.6 is 11.6 Å². The zero-order chi connectivity index (χ0) is 20.2. The van der Waals surface area contributed by atoms with E-state index in [9.17, 15) is 19.5 Å². The van der Waals surface area contributed by atoms with Crippen LogP contribution in [0.1, 0.15) is 55.6 Å². The van der Waals surface area contributed by atoms with E-state index in [1.807, 2.05) is 0 Å². The van der Waals surface area contributed by atoms with E-state index in [2.05, 4.69) is 10.6 Å². The van der Waals surface area contributed by atoms with Crippen LogP contribution in [0.5, 0.6) is 0 Å². The molecule has 8 nitrogen and oxygen atoms in total. The Balaban J connectivity index is 2.14. The third kappa shape index (κ3) is 6.97. The molecule has 0 heterocycles. The van der Waals surface area contributed by atoms with Crippen molar-refractivity contribution in [3.8, 4) is 0 Å². The van der Waals surface area contributed by atoms with Crippen LogP contribution in [-0.4, -0.2) is 41.5 Å². The quantitative estimate of drug-likeness (QED) is 0.675. The van der Waals surface area contributed by atoms with Gasteiger partial charge in [-0.05, 0) is 51.3 Å². The van der Waals surface area contributed by atoms with Crippen LogP contribution in [0.25, 0.3) is 0 Å². The summed E-state index contributed by atoms with van der Waals surface area (Å²) in [6.07, 6.45) is 0.508. The number of halogens is 1. The Kier molecular flexibility index (Phi) is 6.54. The molecule has 0 spiro atoms. The molecule has 3 N–H and O–H groups in total. The summed E-state index contributed by atoms with van der Waals surface area (Å²) in [6.45, 7) is 4.95. The Morgan fingerprint density at radius 2 is 1.93 bits per heavy atom. The van der Waals surface area contributed by atoms with Gasteiger partial charge in [-0.3, -0.25) is 0 Å². The van der Waals surface area contributed by atoms with E-state index < -0.39 is 29.8 Å². The molecule has 1 aromatic rings. The second-order valence-corrected chi connectivity index (χ2v) is 7.67. The van der Waals surface area contributed by atoms with Gasteiger partial charge in [-0.2, -0.15) is 0 Å². The normalized spacial score (nSPS) is 14.8. The van der Waals surface area contributed by atoms with Gasteiger partial charge in [0, 0.05) is 6.04 Å². The monoisotopic (exact) mass is 398 g/mol. The number of ether oxygens (including phenoxy) is 2. The van der Waals surface area contributed by atoms with E-state index in [1.165, 1.54) is 12.1 Å². The van der Waals surface area contributed by atoms with Gasteiger partial charge in [0.2, 0.25) is 0 Å². The van der Waals surface area contributed by atoms with Crippen molar-refractivity contribution in [1.29, 1.82) is 0 Å². The number of hydrogen-bond donors (Lipinski definition) is 3. The summed E-state index contributed by atoms with van der Waals surface area (Å²) in [5, 5.41) is 14.6. The Morgan fingerprint density at radius 1 is 1.26 bits per heavy atom. The predicted octanol–water partition coefficient (Wildman–Crippen LogP) is 3.49. The molecular weight excluding hydrogens is 376 g/mol. The molecule has 148 valence electrons. The van der Waals surface area contributed by atoms with Crippen LogP contribution in [-0.2, 0) is 9.47 Å². The second kappa shape index (κ2) is 8.47. The lowest BCUT2D eigenvalue weighted by Crippen LogP contribution is -2.38. The number of benzene rings is 1. The first-order valence-corrected chi connectivity index (χ1v) is 8.88. The van der Waals surface area contributed by atoms with Crippen LogP contribution in [0.4, 0.5) is 9.59 Å². The van der Waals surface area contributed by atoms with Gasteiger partial charge >= 0.3 is 18.2 Å². The largest absolute Gasteiger partial charge is 0.478 e. The minimum absolute atomic E-state index is 0.0645. The first-order chi connectivity index (χ1) is 12.5.